The lowest BCUT2D eigenvalue weighted by Gasteiger charge is -2.20. The lowest BCUT2D eigenvalue weighted by Crippen LogP contribution is -2.35. The van der Waals surface area contributed by atoms with Crippen LogP contribution in [0.1, 0.15) is 5.56 Å². The van der Waals surface area contributed by atoms with E-state index in [1.54, 1.807) is 30.3 Å². The molecule has 0 saturated carbocycles. The van der Waals surface area contributed by atoms with Crippen molar-refractivity contribution in [2.75, 3.05) is 6.54 Å². The number of carboxylic acid groups (broad SMARTS) is 1. The second-order valence-corrected chi connectivity index (χ2v) is 7.37. The lowest BCUT2D eigenvalue weighted by atomic mass is 10.2. The molecule has 0 aliphatic heterocycles. The summed E-state index contributed by atoms with van der Waals surface area (Å²) in [5.41, 5.74) is 0.161. The number of nitro groups is 1. The molecule has 0 spiro atoms. The maximum Gasteiger partial charge on any atom is 0.318 e. The van der Waals surface area contributed by atoms with Gasteiger partial charge in [0.15, 0.2) is 0 Å². The second-order valence-electron chi connectivity index (χ2n) is 5.02. The van der Waals surface area contributed by atoms with Gasteiger partial charge in [-0.1, -0.05) is 41.9 Å². The van der Waals surface area contributed by atoms with Crippen LogP contribution in [0, 0.1) is 10.1 Å². The molecule has 8 nitrogen and oxygen atoms in total. The Kier molecular flexibility index (Phi) is 5.73. The van der Waals surface area contributed by atoms with E-state index in [4.69, 9.17) is 16.7 Å². The number of nitro benzene ring substituents is 1. The molecule has 0 aliphatic carbocycles. The fourth-order valence-corrected chi connectivity index (χ4v) is 3.83. The maximum absolute atomic E-state index is 12.7. The first-order valence-electron chi connectivity index (χ1n) is 6.91. The van der Waals surface area contributed by atoms with Gasteiger partial charge in [0.1, 0.15) is 11.6 Å². The SMILES string of the molecule is O=C(O)CN(Cc1ccccc1)S(=O)(=O)c1ccc([N+](=O)[O-])c(Cl)c1. The Bertz CT molecular complexity index is 901. The number of sulfonamides is 1. The third kappa shape index (κ3) is 4.53. The first-order chi connectivity index (χ1) is 11.7. The molecule has 0 bridgehead atoms. The Morgan fingerprint density at radius 3 is 2.36 bits per heavy atom. The molecule has 0 radical (unpaired) electrons. The summed E-state index contributed by atoms with van der Waals surface area (Å²) in [5.74, 6) is -1.33. The first-order valence-corrected chi connectivity index (χ1v) is 8.73. The van der Waals surface area contributed by atoms with Crippen LogP contribution < -0.4 is 0 Å². The summed E-state index contributed by atoms with van der Waals surface area (Å²) in [6.07, 6.45) is 0. The standard InChI is InChI=1S/C15H13ClN2O6S/c16-13-8-12(6-7-14(13)18(21)22)25(23,24)17(10-15(19)20)9-11-4-2-1-3-5-11/h1-8H,9-10H2,(H,19,20). The van der Waals surface area contributed by atoms with E-state index in [2.05, 4.69) is 0 Å². The van der Waals surface area contributed by atoms with Gasteiger partial charge in [-0.3, -0.25) is 14.9 Å². The Morgan fingerprint density at radius 1 is 1.20 bits per heavy atom. The van der Waals surface area contributed by atoms with Crippen LogP contribution in [0.3, 0.4) is 0 Å². The van der Waals surface area contributed by atoms with Crippen molar-refractivity contribution in [1.82, 2.24) is 4.31 Å². The predicted molar refractivity (Wildman–Crippen MR) is 89.8 cm³/mol. The number of carbonyl (C=O) groups is 1. The Labute approximate surface area is 148 Å². The van der Waals surface area contributed by atoms with Crippen molar-refractivity contribution in [2.45, 2.75) is 11.4 Å². The van der Waals surface area contributed by atoms with Gasteiger partial charge in [0, 0.05) is 12.6 Å². The van der Waals surface area contributed by atoms with Gasteiger partial charge in [-0.25, -0.2) is 8.42 Å². The monoisotopic (exact) mass is 384 g/mol. The van der Waals surface area contributed by atoms with Crippen molar-refractivity contribution < 1.29 is 23.2 Å². The number of carboxylic acids is 1. The van der Waals surface area contributed by atoms with Crippen molar-refractivity contribution in [1.29, 1.82) is 0 Å². The molecule has 2 aromatic rings. The van der Waals surface area contributed by atoms with E-state index in [9.17, 15) is 23.3 Å². The van der Waals surface area contributed by atoms with E-state index in [0.717, 1.165) is 22.5 Å². The normalized spacial score (nSPS) is 11.4. The molecular formula is C15H13ClN2O6S. The summed E-state index contributed by atoms with van der Waals surface area (Å²) >= 11 is 5.76. The van der Waals surface area contributed by atoms with Crippen LogP contribution in [0.15, 0.2) is 53.4 Å². The number of nitrogens with zero attached hydrogens (tertiary/aromatic N) is 2. The molecule has 0 fully saturated rings. The zero-order valence-corrected chi connectivity index (χ0v) is 14.3. The minimum absolute atomic E-state index is 0.163. The van der Waals surface area contributed by atoms with Crippen LogP contribution >= 0.6 is 11.6 Å². The Balaban J connectivity index is 2.42. The molecule has 2 aromatic carbocycles. The topological polar surface area (TPSA) is 118 Å². The minimum atomic E-state index is -4.21. The molecular weight excluding hydrogens is 372 g/mol. The van der Waals surface area contributed by atoms with Crippen molar-refractivity contribution in [3.05, 3.63) is 69.2 Å². The van der Waals surface area contributed by atoms with Gasteiger partial charge in [0.2, 0.25) is 10.0 Å². The van der Waals surface area contributed by atoms with E-state index >= 15 is 0 Å². The quantitative estimate of drug-likeness (QED) is 0.578. The molecule has 0 amide bonds. The predicted octanol–water partition coefficient (Wildman–Crippen LogP) is 2.52. The fraction of sp³-hybridized carbons (Fsp3) is 0.133. The average molecular weight is 385 g/mol. The molecule has 0 unspecified atom stereocenters. The van der Waals surface area contributed by atoms with Crippen LogP contribution in [-0.4, -0.2) is 35.3 Å². The smallest absolute Gasteiger partial charge is 0.318 e. The summed E-state index contributed by atoms with van der Waals surface area (Å²) in [6.45, 7) is -0.921. The zero-order chi connectivity index (χ0) is 18.6. The number of hydrogen-bond acceptors (Lipinski definition) is 5. The van der Waals surface area contributed by atoms with Crippen molar-refractivity contribution >= 4 is 33.3 Å². The number of benzene rings is 2. The molecule has 10 heteroatoms. The van der Waals surface area contributed by atoms with E-state index in [0.29, 0.717) is 5.56 Å². The number of aliphatic carboxylic acids is 1. The highest BCUT2D eigenvalue weighted by Crippen LogP contribution is 2.28. The van der Waals surface area contributed by atoms with E-state index in [1.807, 2.05) is 0 Å². The number of halogens is 1. The maximum atomic E-state index is 12.7. The lowest BCUT2D eigenvalue weighted by molar-refractivity contribution is -0.384. The summed E-state index contributed by atoms with van der Waals surface area (Å²) in [7, 11) is -4.21. The molecule has 0 saturated heterocycles. The highest BCUT2D eigenvalue weighted by molar-refractivity contribution is 7.89. The molecule has 0 aromatic heterocycles. The molecule has 1 N–H and O–H groups in total. The zero-order valence-electron chi connectivity index (χ0n) is 12.7. The van der Waals surface area contributed by atoms with Crippen molar-refractivity contribution in [3.63, 3.8) is 0 Å². The van der Waals surface area contributed by atoms with Gasteiger partial charge in [-0.15, -0.1) is 0 Å². The van der Waals surface area contributed by atoms with Crippen LogP contribution in [0.2, 0.25) is 5.02 Å². The number of hydrogen-bond donors (Lipinski definition) is 1. The van der Waals surface area contributed by atoms with Gasteiger partial charge in [-0.2, -0.15) is 4.31 Å². The van der Waals surface area contributed by atoms with Gasteiger partial charge < -0.3 is 5.11 Å². The van der Waals surface area contributed by atoms with Crippen LogP contribution in [0.5, 0.6) is 0 Å². The fourth-order valence-electron chi connectivity index (χ4n) is 2.11. The largest absolute Gasteiger partial charge is 0.480 e. The van der Waals surface area contributed by atoms with Crippen molar-refractivity contribution in [3.8, 4) is 0 Å². The first kappa shape index (κ1) is 18.8. The Hall–Kier alpha value is -2.49. The Morgan fingerprint density at radius 2 is 1.84 bits per heavy atom. The average Bonchev–Trinajstić information content (AvgIpc) is 2.54. The summed E-state index contributed by atoms with van der Waals surface area (Å²) < 4.78 is 26.2. The second kappa shape index (κ2) is 7.60. The minimum Gasteiger partial charge on any atom is -0.480 e. The van der Waals surface area contributed by atoms with Crippen molar-refractivity contribution in [2.24, 2.45) is 0 Å². The van der Waals surface area contributed by atoms with E-state index < -0.39 is 33.1 Å². The van der Waals surface area contributed by atoms with Gasteiger partial charge in [-0.05, 0) is 17.7 Å². The summed E-state index contributed by atoms with van der Waals surface area (Å²) in [4.78, 5) is 20.8. The molecule has 0 heterocycles. The molecule has 2 rings (SSSR count). The van der Waals surface area contributed by atoms with Gasteiger partial charge in [0.25, 0.3) is 5.69 Å². The third-order valence-corrected chi connectivity index (χ3v) is 5.36. The van der Waals surface area contributed by atoms with Crippen LogP contribution in [0.25, 0.3) is 0 Å². The van der Waals surface area contributed by atoms with Gasteiger partial charge >= 0.3 is 5.97 Å². The van der Waals surface area contributed by atoms with E-state index in [1.165, 1.54) is 0 Å². The molecule has 0 aliphatic rings. The molecule has 0 atom stereocenters. The summed E-state index contributed by atoms with van der Waals surface area (Å²) in [6, 6.07) is 11.4. The molecule has 132 valence electrons. The highest BCUT2D eigenvalue weighted by atomic mass is 35.5. The van der Waals surface area contributed by atoms with Gasteiger partial charge in [0.05, 0.1) is 9.82 Å². The summed E-state index contributed by atoms with van der Waals surface area (Å²) in [5, 5.41) is 19.5. The number of rotatable bonds is 7. The molecule has 25 heavy (non-hydrogen) atoms. The third-order valence-electron chi connectivity index (χ3n) is 3.27. The highest BCUT2D eigenvalue weighted by Gasteiger charge is 2.28. The van der Waals surface area contributed by atoms with E-state index in [-0.39, 0.29) is 16.5 Å². The van der Waals surface area contributed by atoms with Crippen LogP contribution in [-0.2, 0) is 21.4 Å². The van der Waals surface area contributed by atoms with Crippen LogP contribution in [0.4, 0.5) is 5.69 Å².